The summed E-state index contributed by atoms with van der Waals surface area (Å²) in [6, 6.07) is 6.70. The highest BCUT2D eigenvalue weighted by atomic mass is 32.2. The lowest BCUT2D eigenvalue weighted by atomic mass is 10.1. The Balaban J connectivity index is 1.81. The largest absolute Gasteiger partial charge is 0.356 e. The number of guanidine groups is 1. The van der Waals surface area contributed by atoms with Crippen molar-refractivity contribution in [3.05, 3.63) is 35.6 Å². The molecule has 0 radical (unpaired) electrons. The van der Waals surface area contributed by atoms with Crippen LogP contribution in [0.4, 0.5) is 4.39 Å². The highest BCUT2D eigenvalue weighted by molar-refractivity contribution is 8.00. The topological polar surface area (TPSA) is 27.6 Å². The van der Waals surface area contributed by atoms with Crippen LogP contribution < -0.4 is 5.32 Å². The molecule has 21 heavy (non-hydrogen) atoms. The molecule has 1 saturated heterocycles. The lowest BCUT2D eigenvalue weighted by Gasteiger charge is -2.34. The Bertz CT molecular complexity index is 461. The fourth-order valence-electron chi connectivity index (χ4n) is 2.46. The molecule has 0 saturated carbocycles. The van der Waals surface area contributed by atoms with E-state index >= 15 is 0 Å². The van der Waals surface area contributed by atoms with Crippen molar-refractivity contribution in [2.24, 2.45) is 4.99 Å². The summed E-state index contributed by atoms with van der Waals surface area (Å²) in [5.74, 6) is 1.96. The van der Waals surface area contributed by atoms with Crippen LogP contribution in [-0.4, -0.2) is 48.5 Å². The zero-order valence-corrected chi connectivity index (χ0v) is 13.6. The van der Waals surface area contributed by atoms with E-state index in [0.29, 0.717) is 5.25 Å². The SMILES string of the molecule is CCC1CN(C(=NC)NCCc2ccc(F)cc2)CCS1. The number of rotatable bonds is 4. The molecule has 1 aromatic rings. The van der Waals surface area contributed by atoms with Crippen LogP contribution >= 0.6 is 11.8 Å². The second-order valence-electron chi connectivity index (χ2n) is 5.20. The van der Waals surface area contributed by atoms with Gasteiger partial charge in [-0.3, -0.25) is 4.99 Å². The predicted octanol–water partition coefficient (Wildman–Crippen LogP) is 2.77. The maximum Gasteiger partial charge on any atom is 0.193 e. The standard InChI is InChI=1S/C16H24FN3S/c1-3-15-12-20(10-11-21-15)16(18-2)19-9-8-13-4-6-14(17)7-5-13/h4-7,15H,3,8-12H2,1-2H3,(H,18,19). The maximum absolute atomic E-state index is 12.9. The van der Waals surface area contributed by atoms with Crippen LogP contribution in [0.1, 0.15) is 18.9 Å². The molecule has 1 unspecified atom stereocenters. The van der Waals surface area contributed by atoms with E-state index in [9.17, 15) is 4.39 Å². The van der Waals surface area contributed by atoms with Crippen LogP contribution in [0.25, 0.3) is 0 Å². The molecule has 116 valence electrons. The highest BCUT2D eigenvalue weighted by Crippen LogP contribution is 2.20. The molecule has 3 nitrogen and oxygen atoms in total. The molecule has 1 aliphatic rings. The van der Waals surface area contributed by atoms with Crippen molar-refractivity contribution in [3.8, 4) is 0 Å². The average molecular weight is 309 g/mol. The molecule has 0 bridgehead atoms. The number of halogens is 1. The zero-order valence-electron chi connectivity index (χ0n) is 12.8. The van der Waals surface area contributed by atoms with Crippen LogP contribution in [-0.2, 0) is 6.42 Å². The number of nitrogens with one attached hydrogen (secondary N) is 1. The van der Waals surface area contributed by atoms with Gasteiger partial charge >= 0.3 is 0 Å². The molecule has 1 atom stereocenters. The first kappa shape index (κ1) is 16.1. The van der Waals surface area contributed by atoms with E-state index in [4.69, 9.17) is 0 Å². The molecule has 0 spiro atoms. The van der Waals surface area contributed by atoms with Crippen LogP contribution in [0.3, 0.4) is 0 Å². The molecule has 0 amide bonds. The second kappa shape index (κ2) is 8.27. The fourth-order valence-corrected chi connectivity index (χ4v) is 3.64. The number of nitrogens with zero attached hydrogens (tertiary/aromatic N) is 2. The second-order valence-corrected chi connectivity index (χ2v) is 6.61. The summed E-state index contributed by atoms with van der Waals surface area (Å²) in [5.41, 5.74) is 1.14. The zero-order chi connectivity index (χ0) is 15.1. The van der Waals surface area contributed by atoms with Gasteiger partial charge in [-0.1, -0.05) is 19.1 Å². The molecule has 1 aromatic carbocycles. The molecular formula is C16H24FN3S. The Morgan fingerprint density at radius 3 is 2.86 bits per heavy atom. The van der Waals surface area contributed by atoms with Crippen LogP contribution in [0.2, 0.25) is 0 Å². The van der Waals surface area contributed by atoms with Crippen molar-refractivity contribution in [1.29, 1.82) is 0 Å². The van der Waals surface area contributed by atoms with Crippen LogP contribution in [0.15, 0.2) is 29.3 Å². The van der Waals surface area contributed by atoms with Gasteiger partial charge in [0.2, 0.25) is 0 Å². The minimum absolute atomic E-state index is 0.182. The van der Waals surface area contributed by atoms with Gasteiger partial charge in [0.25, 0.3) is 0 Å². The smallest absolute Gasteiger partial charge is 0.193 e. The Hall–Kier alpha value is -1.23. The van der Waals surface area contributed by atoms with Crippen LogP contribution in [0, 0.1) is 5.82 Å². The van der Waals surface area contributed by atoms with E-state index in [1.165, 1.54) is 18.6 Å². The third-order valence-electron chi connectivity index (χ3n) is 3.72. The summed E-state index contributed by atoms with van der Waals surface area (Å²) in [6.07, 6.45) is 2.08. The van der Waals surface area contributed by atoms with Crippen molar-refractivity contribution in [1.82, 2.24) is 10.2 Å². The first-order valence-corrected chi connectivity index (χ1v) is 8.59. The number of hydrogen-bond acceptors (Lipinski definition) is 2. The molecule has 1 fully saturated rings. The summed E-state index contributed by atoms with van der Waals surface area (Å²) >= 11 is 2.06. The Morgan fingerprint density at radius 1 is 1.43 bits per heavy atom. The van der Waals surface area contributed by atoms with Gasteiger partial charge in [-0.05, 0) is 30.5 Å². The Kier molecular flexibility index (Phi) is 6.36. The monoisotopic (exact) mass is 309 g/mol. The van der Waals surface area contributed by atoms with E-state index in [1.54, 1.807) is 0 Å². The van der Waals surface area contributed by atoms with Crippen molar-refractivity contribution in [2.75, 3.05) is 32.4 Å². The molecule has 5 heteroatoms. The number of hydrogen-bond donors (Lipinski definition) is 1. The van der Waals surface area contributed by atoms with Gasteiger partial charge < -0.3 is 10.2 Å². The highest BCUT2D eigenvalue weighted by Gasteiger charge is 2.21. The first-order valence-electron chi connectivity index (χ1n) is 7.54. The van der Waals surface area contributed by atoms with Gasteiger partial charge in [0.15, 0.2) is 5.96 Å². The third kappa shape index (κ3) is 4.92. The summed E-state index contributed by atoms with van der Waals surface area (Å²) in [5, 5.41) is 4.12. The lowest BCUT2D eigenvalue weighted by Crippen LogP contribution is -2.48. The molecule has 1 heterocycles. The Morgan fingerprint density at radius 2 is 2.19 bits per heavy atom. The van der Waals surface area contributed by atoms with E-state index in [2.05, 4.69) is 33.9 Å². The van der Waals surface area contributed by atoms with E-state index in [-0.39, 0.29) is 5.82 Å². The molecule has 1 N–H and O–H groups in total. The van der Waals surface area contributed by atoms with Gasteiger partial charge in [-0.2, -0.15) is 11.8 Å². The van der Waals surface area contributed by atoms with Gasteiger partial charge in [-0.25, -0.2) is 4.39 Å². The summed E-state index contributed by atoms with van der Waals surface area (Å²) < 4.78 is 12.9. The van der Waals surface area contributed by atoms with E-state index < -0.39 is 0 Å². The predicted molar refractivity (Wildman–Crippen MR) is 89.6 cm³/mol. The first-order chi connectivity index (χ1) is 10.2. The van der Waals surface area contributed by atoms with Gasteiger partial charge in [0, 0.05) is 37.7 Å². The van der Waals surface area contributed by atoms with Gasteiger partial charge in [0.05, 0.1) is 0 Å². The summed E-state index contributed by atoms with van der Waals surface area (Å²) in [4.78, 5) is 6.73. The maximum atomic E-state index is 12.9. The normalized spacial score (nSPS) is 19.7. The number of benzene rings is 1. The molecule has 0 aliphatic carbocycles. The van der Waals surface area contributed by atoms with Crippen molar-refractivity contribution < 1.29 is 4.39 Å². The van der Waals surface area contributed by atoms with Crippen LogP contribution in [0.5, 0.6) is 0 Å². The van der Waals surface area contributed by atoms with Crippen molar-refractivity contribution in [3.63, 3.8) is 0 Å². The quantitative estimate of drug-likeness (QED) is 0.684. The molecule has 2 rings (SSSR count). The van der Waals surface area contributed by atoms with Crippen molar-refractivity contribution in [2.45, 2.75) is 25.0 Å². The summed E-state index contributed by atoms with van der Waals surface area (Å²) in [6.45, 7) is 5.18. The summed E-state index contributed by atoms with van der Waals surface area (Å²) in [7, 11) is 1.84. The number of aliphatic imine (C=N–C) groups is 1. The fraction of sp³-hybridized carbons (Fsp3) is 0.562. The van der Waals surface area contributed by atoms with Gasteiger partial charge in [0.1, 0.15) is 5.82 Å². The average Bonchev–Trinajstić information content (AvgIpc) is 2.53. The lowest BCUT2D eigenvalue weighted by molar-refractivity contribution is 0.408. The van der Waals surface area contributed by atoms with Gasteiger partial charge in [-0.15, -0.1) is 0 Å². The number of thioether (sulfide) groups is 1. The van der Waals surface area contributed by atoms with Crippen molar-refractivity contribution >= 4 is 17.7 Å². The third-order valence-corrected chi connectivity index (χ3v) is 5.09. The molecule has 0 aromatic heterocycles. The minimum atomic E-state index is -0.182. The molecule has 1 aliphatic heterocycles. The minimum Gasteiger partial charge on any atom is -0.356 e. The van der Waals surface area contributed by atoms with E-state index in [1.807, 2.05) is 19.2 Å². The Labute approximate surface area is 131 Å². The van der Waals surface area contributed by atoms with E-state index in [0.717, 1.165) is 43.3 Å². The molecular weight excluding hydrogens is 285 g/mol.